The summed E-state index contributed by atoms with van der Waals surface area (Å²) in [5.74, 6) is 1.53. The van der Waals surface area contributed by atoms with Crippen LogP contribution in [0.2, 0.25) is 0 Å². The highest BCUT2D eigenvalue weighted by Gasteiger charge is 2.25. The van der Waals surface area contributed by atoms with E-state index in [-0.39, 0.29) is 18.4 Å². The normalized spacial score (nSPS) is 14.5. The van der Waals surface area contributed by atoms with E-state index in [2.05, 4.69) is 12.1 Å². The van der Waals surface area contributed by atoms with Gasteiger partial charge in [0.1, 0.15) is 0 Å². The number of hydrogen-bond acceptors (Lipinski definition) is 3. The number of amides is 1. The van der Waals surface area contributed by atoms with Gasteiger partial charge in [0, 0.05) is 6.61 Å². The number of rotatable bonds is 5. The Hall–Kier alpha value is -1.78. The van der Waals surface area contributed by atoms with Gasteiger partial charge in [-0.1, -0.05) is 43.3 Å². The highest BCUT2D eigenvalue weighted by atomic mass is 32.2. The topological polar surface area (TPSA) is 40.5 Å². The summed E-state index contributed by atoms with van der Waals surface area (Å²) < 4.78 is 0. The van der Waals surface area contributed by atoms with Gasteiger partial charge in [-0.25, -0.2) is 0 Å². The Bertz CT molecular complexity index is 669. The minimum Gasteiger partial charge on any atom is -0.396 e. The molecule has 1 aliphatic rings. The molecule has 0 saturated heterocycles. The molecule has 0 bridgehead atoms. The summed E-state index contributed by atoms with van der Waals surface area (Å²) in [4.78, 5) is 14.9. The minimum atomic E-state index is 0.104. The maximum Gasteiger partial charge on any atom is 0.241 e. The van der Waals surface area contributed by atoms with E-state index in [9.17, 15) is 4.79 Å². The zero-order chi connectivity index (χ0) is 16.9. The van der Waals surface area contributed by atoms with Crippen molar-refractivity contribution in [3.05, 3.63) is 59.7 Å². The summed E-state index contributed by atoms with van der Waals surface area (Å²) in [6.07, 6.45) is 1.90. The van der Waals surface area contributed by atoms with E-state index in [0.29, 0.717) is 5.75 Å². The number of aliphatic hydroxyl groups is 1. The smallest absolute Gasteiger partial charge is 0.241 e. The Balaban J connectivity index is 1.89. The van der Waals surface area contributed by atoms with E-state index in [1.165, 1.54) is 11.1 Å². The molecule has 1 N–H and O–H groups in total. The summed E-state index contributed by atoms with van der Waals surface area (Å²) in [6.45, 7) is 2.16. The Kier molecular flexibility index (Phi) is 5.59. The van der Waals surface area contributed by atoms with E-state index in [1.807, 2.05) is 48.2 Å². The molecule has 2 aromatic rings. The summed E-state index contributed by atoms with van der Waals surface area (Å²) in [5, 5.41) is 9.14. The fourth-order valence-corrected chi connectivity index (χ4v) is 3.94. The molecule has 0 saturated carbocycles. The van der Waals surface area contributed by atoms with Crippen LogP contribution in [0.15, 0.2) is 48.5 Å². The van der Waals surface area contributed by atoms with Crippen molar-refractivity contribution in [1.29, 1.82) is 0 Å². The monoisotopic (exact) mass is 341 g/mol. The van der Waals surface area contributed by atoms with Crippen LogP contribution in [0.4, 0.5) is 11.4 Å². The zero-order valence-electron chi connectivity index (χ0n) is 13.9. The van der Waals surface area contributed by atoms with Crippen LogP contribution in [-0.4, -0.2) is 29.1 Å². The molecule has 1 atom stereocenters. The van der Waals surface area contributed by atoms with Crippen LogP contribution in [0, 0.1) is 5.92 Å². The van der Waals surface area contributed by atoms with Crippen LogP contribution in [0.3, 0.4) is 0 Å². The summed E-state index contributed by atoms with van der Waals surface area (Å²) in [7, 11) is 0. The molecular formula is C20H23NO2S. The summed E-state index contributed by atoms with van der Waals surface area (Å²) in [5.41, 5.74) is 4.44. The largest absolute Gasteiger partial charge is 0.396 e. The van der Waals surface area contributed by atoms with Gasteiger partial charge in [0.2, 0.25) is 5.91 Å². The fraction of sp³-hybridized carbons (Fsp3) is 0.350. The third kappa shape index (κ3) is 3.65. The van der Waals surface area contributed by atoms with Crippen LogP contribution < -0.4 is 4.90 Å². The van der Waals surface area contributed by atoms with Crippen LogP contribution in [0.1, 0.15) is 18.1 Å². The third-order valence-electron chi connectivity index (χ3n) is 4.32. The molecule has 0 aromatic heterocycles. The quantitative estimate of drug-likeness (QED) is 0.899. The molecule has 0 fully saturated rings. The van der Waals surface area contributed by atoms with Gasteiger partial charge in [0.25, 0.3) is 0 Å². The SMILES string of the molecule is CC(CO)CSCC(=O)N1c2ccccc2CCc2ccccc21. The van der Waals surface area contributed by atoms with Crippen molar-refractivity contribution in [3.8, 4) is 0 Å². The Morgan fingerprint density at radius 3 is 2.17 bits per heavy atom. The van der Waals surface area contributed by atoms with Crippen molar-refractivity contribution < 1.29 is 9.90 Å². The van der Waals surface area contributed by atoms with Gasteiger partial charge in [0.15, 0.2) is 0 Å². The lowest BCUT2D eigenvalue weighted by Crippen LogP contribution is -2.28. The van der Waals surface area contributed by atoms with Gasteiger partial charge in [-0.3, -0.25) is 9.69 Å². The molecule has 126 valence electrons. The molecular weight excluding hydrogens is 318 g/mol. The highest BCUT2D eigenvalue weighted by Crippen LogP contribution is 2.36. The number of aryl methyl sites for hydroxylation is 2. The van der Waals surface area contributed by atoms with Gasteiger partial charge in [-0.2, -0.15) is 11.8 Å². The number of thioether (sulfide) groups is 1. The van der Waals surface area contributed by atoms with Crippen LogP contribution in [-0.2, 0) is 17.6 Å². The number of anilines is 2. The predicted octanol–water partition coefficient (Wildman–Crippen LogP) is 3.81. The van der Waals surface area contributed by atoms with Crippen molar-refractivity contribution in [2.45, 2.75) is 19.8 Å². The number of aliphatic hydroxyl groups excluding tert-OH is 1. The highest BCUT2D eigenvalue weighted by molar-refractivity contribution is 7.99. The molecule has 2 aromatic carbocycles. The Labute approximate surface area is 147 Å². The fourth-order valence-electron chi connectivity index (χ4n) is 3.01. The van der Waals surface area contributed by atoms with Crippen molar-refractivity contribution in [2.24, 2.45) is 5.92 Å². The molecule has 4 heteroatoms. The maximum absolute atomic E-state index is 13.0. The molecule has 0 spiro atoms. The molecule has 24 heavy (non-hydrogen) atoms. The van der Waals surface area contributed by atoms with Crippen LogP contribution in [0.5, 0.6) is 0 Å². The molecule has 3 rings (SSSR count). The predicted molar refractivity (Wildman–Crippen MR) is 101 cm³/mol. The van der Waals surface area contributed by atoms with E-state index in [0.717, 1.165) is 30.0 Å². The lowest BCUT2D eigenvalue weighted by Gasteiger charge is -2.25. The number of para-hydroxylation sites is 2. The molecule has 0 aliphatic carbocycles. The number of carbonyl (C=O) groups is 1. The van der Waals surface area contributed by atoms with Crippen LogP contribution >= 0.6 is 11.8 Å². The second kappa shape index (κ2) is 7.86. The van der Waals surface area contributed by atoms with Gasteiger partial charge >= 0.3 is 0 Å². The lowest BCUT2D eigenvalue weighted by atomic mass is 10.0. The molecule has 1 unspecified atom stereocenters. The zero-order valence-corrected chi connectivity index (χ0v) is 14.8. The average Bonchev–Trinajstić information content (AvgIpc) is 2.78. The van der Waals surface area contributed by atoms with Crippen molar-refractivity contribution >= 4 is 29.0 Å². The third-order valence-corrected chi connectivity index (χ3v) is 5.57. The van der Waals surface area contributed by atoms with E-state index >= 15 is 0 Å². The lowest BCUT2D eigenvalue weighted by molar-refractivity contribution is -0.115. The first kappa shape index (κ1) is 17.1. The maximum atomic E-state index is 13.0. The first-order chi connectivity index (χ1) is 11.7. The Morgan fingerprint density at radius 2 is 1.62 bits per heavy atom. The first-order valence-electron chi connectivity index (χ1n) is 8.38. The van der Waals surface area contributed by atoms with Gasteiger partial charge in [-0.15, -0.1) is 0 Å². The van der Waals surface area contributed by atoms with Gasteiger partial charge < -0.3 is 5.11 Å². The molecule has 1 heterocycles. The molecule has 1 amide bonds. The van der Waals surface area contributed by atoms with Crippen LogP contribution in [0.25, 0.3) is 0 Å². The number of fused-ring (bicyclic) bond motifs is 2. The van der Waals surface area contributed by atoms with Crippen molar-refractivity contribution in [1.82, 2.24) is 0 Å². The van der Waals surface area contributed by atoms with Gasteiger partial charge in [0.05, 0.1) is 17.1 Å². The molecule has 1 aliphatic heterocycles. The second-order valence-electron chi connectivity index (χ2n) is 6.29. The number of hydrogen-bond donors (Lipinski definition) is 1. The summed E-state index contributed by atoms with van der Waals surface area (Å²) in [6, 6.07) is 16.4. The molecule has 3 nitrogen and oxygen atoms in total. The number of benzene rings is 2. The number of carbonyl (C=O) groups excluding carboxylic acids is 1. The summed E-state index contributed by atoms with van der Waals surface area (Å²) >= 11 is 1.59. The van der Waals surface area contributed by atoms with E-state index in [1.54, 1.807) is 11.8 Å². The minimum absolute atomic E-state index is 0.104. The second-order valence-corrected chi connectivity index (χ2v) is 7.32. The molecule has 0 radical (unpaired) electrons. The van der Waals surface area contributed by atoms with E-state index in [4.69, 9.17) is 5.11 Å². The van der Waals surface area contributed by atoms with Gasteiger partial charge in [-0.05, 0) is 47.8 Å². The number of nitrogens with zero attached hydrogens (tertiary/aromatic N) is 1. The van der Waals surface area contributed by atoms with E-state index < -0.39 is 0 Å². The average molecular weight is 341 g/mol. The standard InChI is InChI=1S/C20H23NO2S/c1-15(12-22)13-24-14-20(23)21-18-8-4-2-6-16(18)10-11-17-7-3-5-9-19(17)21/h2-9,15,22H,10-14H2,1H3. The first-order valence-corrected chi connectivity index (χ1v) is 9.53. The van der Waals surface area contributed by atoms with Crippen molar-refractivity contribution in [2.75, 3.05) is 23.0 Å². The Morgan fingerprint density at radius 1 is 1.08 bits per heavy atom. The van der Waals surface area contributed by atoms with Crippen molar-refractivity contribution in [3.63, 3.8) is 0 Å².